The van der Waals surface area contributed by atoms with Gasteiger partial charge in [-0.05, 0) is 26.2 Å². The maximum atomic E-state index is 5.89. The second kappa shape index (κ2) is 2.90. The third-order valence-corrected chi connectivity index (χ3v) is 2.64. The van der Waals surface area contributed by atoms with Gasteiger partial charge in [0, 0.05) is 24.0 Å². The van der Waals surface area contributed by atoms with Crippen molar-refractivity contribution in [2.45, 2.75) is 38.3 Å². The van der Waals surface area contributed by atoms with Gasteiger partial charge in [0.2, 0.25) is 0 Å². The monoisotopic (exact) mass is 165 g/mol. The molecule has 12 heavy (non-hydrogen) atoms. The number of hydrogen-bond acceptors (Lipinski definition) is 2. The Balaban J connectivity index is 2.31. The molecule has 0 amide bonds. The van der Waals surface area contributed by atoms with Gasteiger partial charge in [-0.1, -0.05) is 0 Å². The molecule has 2 atom stereocenters. The van der Waals surface area contributed by atoms with Crippen LogP contribution in [0.3, 0.4) is 0 Å². The summed E-state index contributed by atoms with van der Waals surface area (Å²) in [5, 5.41) is 0. The first kappa shape index (κ1) is 7.80. The Morgan fingerprint density at radius 2 is 2.58 bits per heavy atom. The minimum Gasteiger partial charge on any atom is -0.330 e. The van der Waals surface area contributed by atoms with Crippen LogP contribution < -0.4 is 5.73 Å². The predicted octanol–water partition coefficient (Wildman–Crippen LogP) is 1.11. The van der Waals surface area contributed by atoms with Crippen molar-refractivity contribution in [3.63, 3.8) is 0 Å². The largest absolute Gasteiger partial charge is 0.330 e. The van der Waals surface area contributed by atoms with E-state index in [0.29, 0.717) is 6.04 Å². The van der Waals surface area contributed by atoms with Crippen molar-refractivity contribution in [2.24, 2.45) is 5.73 Å². The normalized spacial score (nSPS) is 25.0. The third-order valence-electron chi connectivity index (χ3n) is 2.64. The zero-order valence-electron chi connectivity index (χ0n) is 7.40. The number of rotatable bonds is 1. The molecule has 3 heteroatoms. The average Bonchev–Trinajstić information content (AvgIpc) is 2.49. The SMILES string of the molecule is CC(N)C1CCCc2cncn21. The molecule has 0 saturated heterocycles. The van der Waals surface area contributed by atoms with E-state index in [2.05, 4.69) is 16.5 Å². The molecule has 0 aliphatic carbocycles. The highest BCUT2D eigenvalue weighted by atomic mass is 15.1. The minimum atomic E-state index is 0.234. The van der Waals surface area contributed by atoms with Crippen LogP contribution in [0.4, 0.5) is 0 Å². The number of hydrogen-bond donors (Lipinski definition) is 1. The van der Waals surface area contributed by atoms with Crippen LogP contribution in [0.5, 0.6) is 0 Å². The molecule has 2 rings (SSSR count). The van der Waals surface area contributed by atoms with E-state index >= 15 is 0 Å². The predicted molar refractivity (Wildman–Crippen MR) is 47.9 cm³/mol. The van der Waals surface area contributed by atoms with E-state index in [1.165, 1.54) is 18.5 Å². The molecule has 1 aliphatic rings. The zero-order valence-corrected chi connectivity index (χ0v) is 7.40. The van der Waals surface area contributed by atoms with Gasteiger partial charge in [-0.15, -0.1) is 0 Å². The highest BCUT2D eigenvalue weighted by Crippen LogP contribution is 2.25. The number of aryl methyl sites for hydroxylation is 1. The summed E-state index contributed by atoms with van der Waals surface area (Å²) < 4.78 is 2.23. The van der Waals surface area contributed by atoms with Gasteiger partial charge in [-0.2, -0.15) is 0 Å². The van der Waals surface area contributed by atoms with Crippen molar-refractivity contribution >= 4 is 0 Å². The Labute approximate surface area is 72.6 Å². The Hall–Kier alpha value is -0.830. The summed E-state index contributed by atoms with van der Waals surface area (Å²) in [4.78, 5) is 4.14. The van der Waals surface area contributed by atoms with Gasteiger partial charge in [-0.25, -0.2) is 4.98 Å². The number of aromatic nitrogens is 2. The molecule has 1 aromatic rings. The first-order chi connectivity index (χ1) is 5.79. The van der Waals surface area contributed by atoms with E-state index in [-0.39, 0.29) is 6.04 Å². The lowest BCUT2D eigenvalue weighted by Crippen LogP contribution is -2.32. The van der Waals surface area contributed by atoms with E-state index in [1.807, 2.05) is 12.5 Å². The summed E-state index contributed by atoms with van der Waals surface area (Å²) in [6.45, 7) is 2.07. The van der Waals surface area contributed by atoms with Crippen LogP contribution in [0, 0.1) is 0 Å². The zero-order chi connectivity index (χ0) is 8.55. The second-order valence-corrected chi connectivity index (χ2v) is 3.61. The Morgan fingerprint density at radius 1 is 1.75 bits per heavy atom. The Morgan fingerprint density at radius 3 is 3.33 bits per heavy atom. The third kappa shape index (κ3) is 1.14. The van der Waals surface area contributed by atoms with Crippen LogP contribution in [-0.2, 0) is 6.42 Å². The smallest absolute Gasteiger partial charge is 0.0951 e. The average molecular weight is 165 g/mol. The van der Waals surface area contributed by atoms with Gasteiger partial charge in [-0.3, -0.25) is 0 Å². The van der Waals surface area contributed by atoms with Gasteiger partial charge in [0.05, 0.1) is 6.33 Å². The fourth-order valence-electron chi connectivity index (χ4n) is 1.97. The van der Waals surface area contributed by atoms with Gasteiger partial charge in [0.25, 0.3) is 0 Å². The molecule has 0 aromatic carbocycles. The maximum Gasteiger partial charge on any atom is 0.0951 e. The molecule has 0 spiro atoms. The molecule has 2 N–H and O–H groups in total. The van der Waals surface area contributed by atoms with Crippen LogP contribution in [0.25, 0.3) is 0 Å². The summed E-state index contributed by atoms with van der Waals surface area (Å²) in [5.74, 6) is 0. The topological polar surface area (TPSA) is 43.8 Å². The van der Waals surface area contributed by atoms with Gasteiger partial charge >= 0.3 is 0 Å². The van der Waals surface area contributed by atoms with Crippen LogP contribution >= 0.6 is 0 Å². The van der Waals surface area contributed by atoms with Crippen molar-refractivity contribution in [3.05, 3.63) is 18.2 Å². The number of fused-ring (bicyclic) bond motifs is 1. The van der Waals surface area contributed by atoms with Crippen molar-refractivity contribution in [3.8, 4) is 0 Å². The lowest BCUT2D eigenvalue weighted by Gasteiger charge is -2.28. The molecule has 3 nitrogen and oxygen atoms in total. The second-order valence-electron chi connectivity index (χ2n) is 3.61. The van der Waals surface area contributed by atoms with Crippen molar-refractivity contribution < 1.29 is 0 Å². The summed E-state index contributed by atoms with van der Waals surface area (Å²) in [7, 11) is 0. The lowest BCUT2D eigenvalue weighted by molar-refractivity contribution is 0.353. The van der Waals surface area contributed by atoms with E-state index in [1.54, 1.807) is 0 Å². The van der Waals surface area contributed by atoms with Crippen LogP contribution in [0.1, 0.15) is 31.5 Å². The molecular weight excluding hydrogens is 150 g/mol. The van der Waals surface area contributed by atoms with Crippen molar-refractivity contribution in [1.29, 1.82) is 0 Å². The Kier molecular flexibility index (Phi) is 1.89. The highest BCUT2D eigenvalue weighted by Gasteiger charge is 2.21. The minimum absolute atomic E-state index is 0.234. The fourth-order valence-corrected chi connectivity index (χ4v) is 1.97. The van der Waals surface area contributed by atoms with E-state index in [9.17, 15) is 0 Å². The first-order valence-electron chi connectivity index (χ1n) is 4.55. The Bertz CT molecular complexity index is 264. The van der Waals surface area contributed by atoms with Gasteiger partial charge in [0.1, 0.15) is 0 Å². The van der Waals surface area contributed by atoms with Crippen molar-refractivity contribution in [2.75, 3.05) is 0 Å². The molecular formula is C9H15N3. The molecule has 0 saturated carbocycles. The van der Waals surface area contributed by atoms with Crippen LogP contribution in [0.2, 0.25) is 0 Å². The molecule has 2 unspecified atom stereocenters. The van der Waals surface area contributed by atoms with Crippen LogP contribution in [0.15, 0.2) is 12.5 Å². The quantitative estimate of drug-likeness (QED) is 0.677. The van der Waals surface area contributed by atoms with Gasteiger partial charge < -0.3 is 10.3 Å². The molecule has 1 aliphatic heterocycles. The highest BCUT2D eigenvalue weighted by molar-refractivity contribution is 5.04. The van der Waals surface area contributed by atoms with Crippen LogP contribution in [-0.4, -0.2) is 15.6 Å². The number of nitrogens with two attached hydrogens (primary N) is 1. The molecule has 0 bridgehead atoms. The van der Waals surface area contributed by atoms with E-state index in [4.69, 9.17) is 5.73 Å². The first-order valence-corrected chi connectivity index (χ1v) is 4.55. The lowest BCUT2D eigenvalue weighted by atomic mass is 9.98. The molecule has 0 radical (unpaired) electrons. The molecule has 66 valence electrons. The number of nitrogens with zero attached hydrogens (tertiary/aromatic N) is 2. The maximum absolute atomic E-state index is 5.89. The van der Waals surface area contributed by atoms with E-state index in [0.717, 1.165) is 6.42 Å². The summed E-state index contributed by atoms with van der Waals surface area (Å²) in [6, 6.07) is 0.703. The molecule has 2 heterocycles. The molecule has 1 aromatic heterocycles. The van der Waals surface area contributed by atoms with Gasteiger partial charge in [0.15, 0.2) is 0 Å². The summed E-state index contributed by atoms with van der Waals surface area (Å²) in [5.41, 5.74) is 7.23. The van der Waals surface area contributed by atoms with E-state index < -0.39 is 0 Å². The fraction of sp³-hybridized carbons (Fsp3) is 0.667. The summed E-state index contributed by atoms with van der Waals surface area (Å²) >= 11 is 0. The summed E-state index contributed by atoms with van der Waals surface area (Å²) in [6.07, 6.45) is 7.46. The van der Waals surface area contributed by atoms with Crippen molar-refractivity contribution in [1.82, 2.24) is 9.55 Å². The number of imidazole rings is 1. The molecule has 0 fully saturated rings. The standard InChI is InChI=1S/C9H15N3/c1-7(10)9-4-2-3-8-5-11-6-12(8)9/h5-7,9H,2-4,10H2,1H3.